The molecule has 92 valence electrons. The number of hydrogen-bond donors (Lipinski definition) is 0. The van der Waals surface area contributed by atoms with E-state index in [2.05, 4.69) is 45.1 Å². The fraction of sp³-hybridized carbons (Fsp3) is 0.600. The SMILES string of the molecule is Brc1ccc(C2CCCC3CCCCN32)cc1. The summed E-state index contributed by atoms with van der Waals surface area (Å²) in [6.07, 6.45) is 8.43. The molecule has 2 saturated heterocycles. The van der Waals surface area contributed by atoms with Gasteiger partial charge >= 0.3 is 0 Å². The normalized spacial score (nSPS) is 29.9. The van der Waals surface area contributed by atoms with E-state index >= 15 is 0 Å². The number of halogens is 1. The first-order valence-corrected chi connectivity index (χ1v) is 7.65. The molecule has 3 rings (SSSR count). The van der Waals surface area contributed by atoms with Gasteiger partial charge in [-0.3, -0.25) is 4.90 Å². The topological polar surface area (TPSA) is 3.24 Å². The van der Waals surface area contributed by atoms with E-state index in [1.165, 1.54) is 55.1 Å². The molecule has 2 unspecified atom stereocenters. The van der Waals surface area contributed by atoms with Crippen molar-refractivity contribution in [2.24, 2.45) is 0 Å². The minimum absolute atomic E-state index is 0.683. The molecule has 1 aromatic carbocycles. The summed E-state index contributed by atoms with van der Waals surface area (Å²) < 4.78 is 1.19. The van der Waals surface area contributed by atoms with Crippen LogP contribution in [0.5, 0.6) is 0 Å². The Labute approximate surface area is 112 Å². The molecule has 0 amide bonds. The summed E-state index contributed by atoms with van der Waals surface area (Å²) in [6.45, 7) is 1.31. The van der Waals surface area contributed by atoms with Gasteiger partial charge in [0.05, 0.1) is 0 Å². The Balaban J connectivity index is 1.83. The average molecular weight is 294 g/mol. The van der Waals surface area contributed by atoms with Crippen molar-refractivity contribution in [1.82, 2.24) is 4.90 Å². The van der Waals surface area contributed by atoms with Gasteiger partial charge in [0.1, 0.15) is 0 Å². The van der Waals surface area contributed by atoms with E-state index in [4.69, 9.17) is 0 Å². The van der Waals surface area contributed by atoms with E-state index in [0.29, 0.717) is 6.04 Å². The van der Waals surface area contributed by atoms with Crippen molar-refractivity contribution < 1.29 is 0 Å². The zero-order valence-corrected chi connectivity index (χ0v) is 11.8. The standard InChI is InChI=1S/C15H20BrN/c16-13-9-7-12(8-10-13)15-6-3-5-14-4-1-2-11-17(14)15/h7-10,14-15H,1-6,11H2. The molecule has 0 aromatic heterocycles. The van der Waals surface area contributed by atoms with E-state index in [0.717, 1.165) is 6.04 Å². The number of fused-ring (bicyclic) bond motifs is 1. The Morgan fingerprint density at radius 1 is 0.941 bits per heavy atom. The second kappa shape index (κ2) is 5.11. The van der Waals surface area contributed by atoms with Crippen molar-refractivity contribution in [2.45, 2.75) is 50.6 Å². The van der Waals surface area contributed by atoms with Gasteiger partial charge in [-0.15, -0.1) is 0 Å². The van der Waals surface area contributed by atoms with Gasteiger partial charge in [-0.1, -0.05) is 34.5 Å². The lowest BCUT2D eigenvalue weighted by Gasteiger charge is -2.45. The minimum atomic E-state index is 0.683. The van der Waals surface area contributed by atoms with Crippen LogP contribution in [0.15, 0.2) is 28.7 Å². The van der Waals surface area contributed by atoms with Gasteiger partial charge in [0.25, 0.3) is 0 Å². The van der Waals surface area contributed by atoms with E-state index in [1.54, 1.807) is 0 Å². The van der Waals surface area contributed by atoms with Crippen LogP contribution in [-0.4, -0.2) is 17.5 Å². The van der Waals surface area contributed by atoms with Crippen LogP contribution in [0.1, 0.15) is 50.1 Å². The summed E-state index contributed by atoms with van der Waals surface area (Å²) in [4.78, 5) is 2.77. The molecule has 0 radical (unpaired) electrons. The molecule has 17 heavy (non-hydrogen) atoms. The third-order valence-corrected chi connectivity index (χ3v) is 4.87. The first-order chi connectivity index (χ1) is 8.34. The van der Waals surface area contributed by atoms with Crippen LogP contribution in [0.3, 0.4) is 0 Å². The molecule has 0 spiro atoms. The minimum Gasteiger partial charge on any atom is -0.293 e. The molecule has 1 aromatic rings. The molecular formula is C15H20BrN. The maximum Gasteiger partial charge on any atom is 0.0351 e. The fourth-order valence-electron chi connectivity index (χ4n) is 3.50. The second-order valence-corrected chi connectivity index (χ2v) is 6.30. The highest BCUT2D eigenvalue weighted by Gasteiger charge is 2.32. The highest BCUT2D eigenvalue weighted by Crippen LogP contribution is 2.38. The summed E-state index contributed by atoms with van der Waals surface area (Å²) in [5.74, 6) is 0. The third-order valence-electron chi connectivity index (χ3n) is 4.34. The number of benzene rings is 1. The average Bonchev–Trinajstić information content (AvgIpc) is 2.39. The molecule has 0 aliphatic carbocycles. The number of hydrogen-bond acceptors (Lipinski definition) is 1. The van der Waals surface area contributed by atoms with Gasteiger partial charge in [-0.2, -0.15) is 0 Å². The Morgan fingerprint density at radius 3 is 2.53 bits per heavy atom. The van der Waals surface area contributed by atoms with E-state index in [-0.39, 0.29) is 0 Å². The van der Waals surface area contributed by atoms with Crippen LogP contribution < -0.4 is 0 Å². The first-order valence-electron chi connectivity index (χ1n) is 6.86. The number of piperidine rings is 2. The second-order valence-electron chi connectivity index (χ2n) is 5.39. The summed E-state index contributed by atoms with van der Waals surface area (Å²) in [5, 5.41) is 0. The highest BCUT2D eigenvalue weighted by atomic mass is 79.9. The predicted octanol–water partition coefficient (Wildman–Crippen LogP) is 4.53. The maximum absolute atomic E-state index is 3.52. The first kappa shape index (κ1) is 11.7. The van der Waals surface area contributed by atoms with Gasteiger partial charge in [0.15, 0.2) is 0 Å². The van der Waals surface area contributed by atoms with Crippen molar-refractivity contribution >= 4 is 15.9 Å². The van der Waals surface area contributed by atoms with E-state index < -0.39 is 0 Å². The number of rotatable bonds is 1. The number of nitrogens with zero attached hydrogens (tertiary/aromatic N) is 1. The molecule has 0 N–H and O–H groups in total. The Hall–Kier alpha value is -0.340. The van der Waals surface area contributed by atoms with E-state index in [1.807, 2.05) is 0 Å². The Kier molecular flexibility index (Phi) is 3.53. The van der Waals surface area contributed by atoms with Crippen molar-refractivity contribution in [3.05, 3.63) is 34.3 Å². The van der Waals surface area contributed by atoms with Gasteiger partial charge < -0.3 is 0 Å². The molecule has 0 bridgehead atoms. The zero-order valence-electron chi connectivity index (χ0n) is 10.2. The molecule has 2 heterocycles. The summed E-state index contributed by atoms with van der Waals surface area (Å²) in [7, 11) is 0. The molecule has 2 aliphatic heterocycles. The van der Waals surface area contributed by atoms with Crippen LogP contribution in [0.4, 0.5) is 0 Å². The lowest BCUT2D eigenvalue weighted by molar-refractivity contribution is 0.0518. The third kappa shape index (κ3) is 2.43. The van der Waals surface area contributed by atoms with Crippen molar-refractivity contribution in [3.8, 4) is 0 Å². The molecule has 2 heteroatoms. The quantitative estimate of drug-likeness (QED) is 0.735. The van der Waals surface area contributed by atoms with E-state index in [9.17, 15) is 0 Å². The Morgan fingerprint density at radius 2 is 1.71 bits per heavy atom. The van der Waals surface area contributed by atoms with Crippen molar-refractivity contribution in [1.29, 1.82) is 0 Å². The predicted molar refractivity (Wildman–Crippen MR) is 75.1 cm³/mol. The molecule has 2 fully saturated rings. The summed E-state index contributed by atoms with van der Waals surface area (Å²) in [5.41, 5.74) is 1.51. The fourth-order valence-corrected chi connectivity index (χ4v) is 3.76. The lowest BCUT2D eigenvalue weighted by atomic mass is 9.86. The molecule has 0 saturated carbocycles. The zero-order chi connectivity index (χ0) is 11.7. The van der Waals surface area contributed by atoms with Crippen LogP contribution in [0.25, 0.3) is 0 Å². The van der Waals surface area contributed by atoms with Gasteiger partial charge in [0, 0.05) is 16.6 Å². The molecule has 2 aliphatic rings. The monoisotopic (exact) mass is 293 g/mol. The highest BCUT2D eigenvalue weighted by molar-refractivity contribution is 9.10. The molecule has 1 nitrogen and oxygen atoms in total. The molecular weight excluding hydrogens is 274 g/mol. The molecule has 2 atom stereocenters. The lowest BCUT2D eigenvalue weighted by Crippen LogP contribution is -2.44. The van der Waals surface area contributed by atoms with Crippen LogP contribution in [0, 0.1) is 0 Å². The van der Waals surface area contributed by atoms with Crippen molar-refractivity contribution in [3.63, 3.8) is 0 Å². The summed E-state index contributed by atoms with van der Waals surface area (Å²) in [6, 6.07) is 10.5. The van der Waals surface area contributed by atoms with Crippen molar-refractivity contribution in [2.75, 3.05) is 6.54 Å². The maximum atomic E-state index is 3.52. The van der Waals surface area contributed by atoms with Crippen LogP contribution >= 0.6 is 15.9 Å². The van der Waals surface area contributed by atoms with Gasteiger partial charge in [-0.25, -0.2) is 0 Å². The summed E-state index contributed by atoms with van der Waals surface area (Å²) >= 11 is 3.52. The van der Waals surface area contributed by atoms with Crippen LogP contribution in [-0.2, 0) is 0 Å². The Bertz CT molecular complexity index is 371. The van der Waals surface area contributed by atoms with Crippen LogP contribution in [0.2, 0.25) is 0 Å². The van der Waals surface area contributed by atoms with Gasteiger partial charge in [0.2, 0.25) is 0 Å². The van der Waals surface area contributed by atoms with Gasteiger partial charge in [-0.05, 0) is 56.3 Å². The largest absolute Gasteiger partial charge is 0.293 e. The smallest absolute Gasteiger partial charge is 0.0351 e.